The summed E-state index contributed by atoms with van der Waals surface area (Å²) in [6, 6.07) is 12.1. The minimum absolute atomic E-state index is 0.0547. The van der Waals surface area contributed by atoms with E-state index in [1.54, 1.807) is 11.3 Å². The smallest absolute Gasteiger partial charge is 0.229 e. The van der Waals surface area contributed by atoms with Gasteiger partial charge in [-0.15, -0.1) is 11.3 Å². The van der Waals surface area contributed by atoms with Crippen molar-refractivity contribution >= 4 is 28.6 Å². The summed E-state index contributed by atoms with van der Waals surface area (Å²) in [5.41, 5.74) is 2.07. The first-order valence-corrected chi connectivity index (χ1v) is 7.87. The van der Waals surface area contributed by atoms with Gasteiger partial charge in [-0.05, 0) is 36.4 Å². The molecule has 0 aliphatic carbocycles. The summed E-state index contributed by atoms with van der Waals surface area (Å²) in [4.78, 5) is 15.6. The Balaban J connectivity index is 1.71. The second kappa shape index (κ2) is 6.09. The van der Waals surface area contributed by atoms with Crippen LogP contribution in [0, 0.1) is 0 Å². The van der Waals surface area contributed by atoms with Gasteiger partial charge in [0.05, 0.1) is 17.8 Å². The van der Waals surface area contributed by atoms with Crippen LogP contribution in [0.2, 0.25) is 0 Å². The SMILES string of the molecule is O=C(Cc1cccs1)Nc1ccccc1N1CCCC1. The van der Waals surface area contributed by atoms with Gasteiger partial charge in [-0.3, -0.25) is 4.79 Å². The summed E-state index contributed by atoms with van der Waals surface area (Å²) in [6.45, 7) is 2.16. The Morgan fingerprint density at radius 1 is 1.15 bits per heavy atom. The van der Waals surface area contributed by atoms with Crippen molar-refractivity contribution in [3.8, 4) is 0 Å². The van der Waals surface area contributed by atoms with E-state index in [-0.39, 0.29) is 5.91 Å². The topological polar surface area (TPSA) is 32.3 Å². The zero-order valence-corrected chi connectivity index (χ0v) is 12.2. The van der Waals surface area contributed by atoms with Crippen LogP contribution in [-0.4, -0.2) is 19.0 Å². The largest absolute Gasteiger partial charge is 0.370 e. The molecule has 1 saturated heterocycles. The molecule has 0 radical (unpaired) electrons. The van der Waals surface area contributed by atoms with Gasteiger partial charge in [-0.1, -0.05) is 18.2 Å². The maximum atomic E-state index is 12.1. The Kier molecular flexibility index (Phi) is 4.02. The number of para-hydroxylation sites is 2. The number of carbonyl (C=O) groups is 1. The van der Waals surface area contributed by atoms with E-state index in [0.717, 1.165) is 29.3 Å². The number of hydrogen-bond donors (Lipinski definition) is 1. The average molecular weight is 286 g/mol. The molecule has 3 nitrogen and oxygen atoms in total. The van der Waals surface area contributed by atoms with E-state index in [9.17, 15) is 4.79 Å². The standard InChI is InChI=1S/C16H18N2OS/c19-16(12-13-6-5-11-20-13)17-14-7-1-2-8-15(14)18-9-3-4-10-18/h1-2,5-8,11H,3-4,9-10,12H2,(H,17,19). The van der Waals surface area contributed by atoms with Gasteiger partial charge in [0.2, 0.25) is 5.91 Å². The highest BCUT2D eigenvalue weighted by Gasteiger charge is 2.16. The van der Waals surface area contributed by atoms with Crippen molar-refractivity contribution in [2.45, 2.75) is 19.3 Å². The zero-order valence-electron chi connectivity index (χ0n) is 11.3. The molecule has 0 saturated carbocycles. The van der Waals surface area contributed by atoms with Crippen LogP contribution in [0.3, 0.4) is 0 Å². The summed E-state index contributed by atoms with van der Waals surface area (Å²) >= 11 is 1.62. The highest BCUT2D eigenvalue weighted by molar-refractivity contribution is 7.10. The Bertz CT molecular complexity index is 574. The first kappa shape index (κ1) is 13.2. The van der Waals surface area contributed by atoms with E-state index >= 15 is 0 Å². The van der Waals surface area contributed by atoms with Crippen LogP contribution in [0.1, 0.15) is 17.7 Å². The predicted octanol–water partition coefficient (Wildman–Crippen LogP) is 3.53. The molecular formula is C16H18N2OS. The van der Waals surface area contributed by atoms with Crippen molar-refractivity contribution in [3.05, 3.63) is 46.7 Å². The second-order valence-electron chi connectivity index (χ2n) is 5.02. The second-order valence-corrected chi connectivity index (χ2v) is 6.05. The van der Waals surface area contributed by atoms with Gasteiger partial charge in [-0.2, -0.15) is 0 Å². The van der Waals surface area contributed by atoms with Crippen molar-refractivity contribution in [3.63, 3.8) is 0 Å². The molecule has 2 aromatic rings. The fourth-order valence-electron chi connectivity index (χ4n) is 2.58. The van der Waals surface area contributed by atoms with Gasteiger partial charge in [0.1, 0.15) is 0 Å². The van der Waals surface area contributed by atoms with Crippen molar-refractivity contribution in [2.75, 3.05) is 23.3 Å². The number of nitrogens with zero attached hydrogens (tertiary/aromatic N) is 1. The normalized spacial score (nSPS) is 14.5. The number of thiophene rings is 1. The highest BCUT2D eigenvalue weighted by Crippen LogP contribution is 2.28. The number of rotatable bonds is 4. The van der Waals surface area contributed by atoms with Crippen LogP contribution in [-0.2, 0) is 11.2 Å². The van der Waals surface area contributed by atoms with E-state index in [1.165, 1.54) is 12.8 Å². The van der Waals surface area contributed by atoms with Gasteiger partial charge in [0.15, 0.2) is 0 Å². The predicted molar refractivity (Wildman–Crippen MR) is 84.5 cm³/mol. The molecule has 1 aliphatic rings. The van der Waals surface area contributed by atoms with Gasteiger partial charge in [0, 0.05) is 18.0 Å². The molecule has 1 aromatic carbocycles. The molecule has 3 rings (SSSR count). The maximum Gasteiger partial charge on any atom is 0.229 e. The van der Waals surface area contributed by atoms with Crippen molar-refractivity contribution in [1.82, 2.24) is 0 Å². The molecule has 0 unspecified atom stereocenters. The molecule has 0 spiro atoms. The van der Waals surface area contributed by atoms with Gasteiger partial charge >= 0.3 is 0 Å². The zero-order chi connectivity index (χ0) is 13.8. The molecule has 4 heteroatoms. The Hall–Kier alpha value is -1.81. The third-order valence-electron chi connectivity index (χ3n) is 3.54. The summed E-state index contributed by atoms with van der Waals surface area (Å²) < 4.78 is 0. The minimum atomic E-state index is 0.0547. The quantitative estimate of drug-likeness (QED) is 0.932. The van der Waals surface area contributed by atoms with E-state index in [0.29, 0.717) is 6.42 Å². The first-order chi connectivity index (χ1) is 9.83. The molecule has 0 atom stereocenters. The third-order valence-corrected chi connectivity index (χ3v) is 4.42. The van der Waals surface area contributed by atoms with E-state index in [4.69, 9.17) is 0 Å². The number of amides is 1. The third kappa shape index (κ3) is 3.02. The summed E-state index contributed by atoms with van der Waals surface area (Å²) in [5.74, 6) is 0.0547. The minimum Gasteiger partial charge on any atom is -0.370 e. The lowest BCUT2D eigenvalue weighted by molar-refractivity contribution is -0.115. The summed E-state index contributed by atoms with van der Waals surface area (Å²) in [7, 11) is 0. The van der Waals surface area contributed by atoms with Crippen LogP contribution in [0.25, 0.3) is 0 Å². The van der Waals surface area contributed by atoms with Crippen LogP contribution in [0.4, 0.5) is 11.4 Å². The first-order valence-electron chi connectivity index (χ1n) is 6.99. The molecule has 1 aliphatic heterocycles. The molecule has 1 amide bonds. The highest BCUT2D eigenvalue weighted by atomic mass is 32.1. The summed E-state index contributed by atoms with van der Waals surface area (Å²) in [5, 5.41) is 5.05. The molecular weight excluding hydrogens is 268 g/mol. The number of nitrogens with one attached hydrogen (secondary N) is 1. The van der Waals surface area contributed by atoms with E-state index < -0.39 is 0 Å². The molecule has 1 fully saturated rings. The average Bonchev–Trinajstić information content (AvgIpc) is 3.11. The molecule has 104 valence electrons. The van der Waals surface area contributed by atoms with Crippen molar-refractivity contribution in [1.29, 1.82) is 0 Å². The molecule has 1 aromatic heterocycles. The molecule has 1 N–H and O–H groups in total. The van der Waals surface area contributed by atoms with Crippen LogP contribution >= 0.6 is 11.3 Å². The molecule has 2 heterocycles. The Morgan fingerprint density at radius 3 is 2.70 bits per heavy atom. The number of hydrogen-bond acceptors (Lipinski definition) is 3. The van der Waals surface area contributed by atoms with Crippen molar-refractivity contribution in [2.24, 2.45) is 0 Å². The fourth-order valence-corrected chi connectivity index (χ4v) is 3.28. The number of carbonyl (C=O) groups excluding carboxylic acids is 1. The lowest BCUT2D eigenvalue weighted by Crippen LogP contribution is -2.21. The Morgan fingerprint density at radius 2 is 1.95 bits per heavy atom. The van der Waals surface area contributed by atoms with Crippen LogP contribution < -0.4 is 10.2 Å². The maximum absolute atomic E-state index is 12.1. The molecule has 0 bridgehead atoms. The monoisotopic (exact) mass is 286 g/mol. The Labute approximate surface area is 123 Å². The van der Waals surface area contributed by atoms with Gasteiger partial charge in [0.25, 0.3) is 0 Å². The van der Waals surface area contributed by atoms with Gasteiger partial charge < -0.3 is 10.2 Å². The lowest BCUT2D eigenvalue weighted by atomic mass is 10.2. The molecule has 20 heavy (non-hydrogen) atoms. The fraction of sp³-hybridized carbons (Fsp3) is 0.312. The van der Waals surface area contributed by atoms with E-state index in [1.807, 2.05) is 35.7 Å². The van der Waals surface area contributed by atoms with Crippen LogP contribution in [0.15, 0.2) is 41.8 Å². The number of anilines is 2. The lowest BCUT2D eigenvalue weighted by Gasteiger charge is -2.21. The van der Waals surface area contributed by atoms with Crippen LogP contribution in [0.5, 0.6) is 0 Å². The van der Waals surface area contributed by atoms with E-state index in [2.05, 4.69) is 16.3 Å². The van der Waals surface area contributed by atoms with Crippen molar-refractivity contribution < 1.29 is 4.79 Å². The number of benzene rings is 1. The summed E-state index contributed by atoms with van der Waals surface area (Å²) in [6.07, 6.45) is 2.92. The van der Waals surface area contributed by atoms with Gasteiger partial charge in [-0.25, -0.2) is 0 Å².